The number of hydrogen-bond donors (Lipinski definition) is 1. The number of Topliss-reactive ketones (excluding diaryl/α,β-unsaturated/α-hetero) is 1. The van der Waals surface area contributed by atoms with Gasteiger partial charge in [-0.05, 0) is 68.9 Å². The van der Waals surface area contributed by atoms with Crippen molar-refractivity contribution in [3.05, 3.63) is 24.8 Å². The molecule has 0 aromatic heterocycles. The normalized spacial score (nSPS) is 43.2. The maximum Gasteiger partial charge on any atom is 0.414 e. The summed E-state index contributed by atoms with van der Waals surface area (Å²) in [6, 6.07) is 0. The van der Waals surface area contributed by atoms with E-state index < -0.39 is 23.0 Å². The van der Waals surface area contributed by atoms with E-state index in [0.29, 0.717) is 19.4 Å². The van der Waals surface area contributed by atoms with Crippen LogP contribution in [0.15, 0.2) is 24.8 Å². The number of ketones is 1. The number of hydrogen-bond acceptors (Lipinski definition) is 7. The number of carbonyl (C=O) groups excluding carboxylic acids is 3. The predicted molar refractivity (Wildman–Crippen MR) is 158 cm³/mol. The van der Waals surface area contributed by atoms with Gasteiger partial charge in [0.25, 0.3) is 0 Å². The molecule has 1 N–H and O–H groups in total. The van der Waals surface area contributed by atoms with Crippen molar-refractivity contribution in [2.45, 2.75) is 85.4 Å². The van der Waals surface area contributed by atoms with Gasteiger partial charge in [-0.3, -0.25) is 14.9 Å². The van der Waals surface area contributed by atoms with Crippen LogP contribution in [0.1, 0.15) is 73.1 Å². The molecule has 4 rings (SSSR count). The molecule has 8 heteroatoms. The third-order valence-corrected chi connectivity index (χ3v) is 11.7. The first-order valence-electron chi connectivity index (χ1n) is 15.5. The highest BCUT2D eigenvalue weighted by Crippen LogP contribution is 2.68. The van der Waals surface area contributed by atoms with E-state index in [0.717, 1.165) is 32.2 Å². The molecule has 4 aliphatic rings. The summed E-state index contributed by atoms with van der Waals surface area (Å²) in [7, 11) is 3.61. The number of likely N-dealkylation sites (tertiary alicyclic amines) is 1. The lowest BCUT2D eigenvalue weighted by atomic mass is 9.44. The van der Waals surface area contributed by atoms with E-state index in [1.165, 1.54) is 0 Å². The fourth-order valence-electron chi connectivity index (χ4n) is 9.13. The molecule has 0 aromatic carbocycles. The highest BCUT2D eigenvalue weighted by molar-refractivity contribution is 5.93. The number of alkyl carbamates (subject to hydrolysis) is 1. The zero-order valence-corrected chi connectivity index (χ0v) is 26.2. The van der Waals surface area contributed by atoms with Crippen molar-refractivity contribution in [1.82, 2.24) is 10.2 Å². The Morgan fingerprint density at radius 3 is 2.59 bits per heavy atom. The lowest BCUT2D eigenvalue weighted by molar-refractivity contribution is -0.214. The van der Waals surface area contributed by atoms with Gasteiger partial charge in [0.2, 0.25) is 5.91 Å². The molecule has 1 heterocycles. The van der Waals surface area contributed by atoms with Crippen molar-refractivity contribution >= 4 is 17.8 Å². The Kier molecular flexibility index (Phi) is 9.56. The van der Waals surface area contributed by atoms with E-state index in [1.807, 2.05) is 13.1 Å². The number of piperidine rings is 1. The van der Waals surface area contributed by atoms with Gasteiger partial charge in [0.05, 0.1) is 12.0 Å². The first-order valence-corrected chi connectivity index (χ1v) is 15.5. The number of nitrogens with zero attached hydrogens (tertiary/aromatic N) is 1. The van der Waals surface area contributed by atoms with E-state index in [-0.39, 0.29) is 59.6 Å². The Morgan fingerprint density at radius 1 is 1.17 bits per heavy atom. The highest BCUT2D eigenvalue weighted by Gasteiger charge is 2.68. The van der Waals surface area contributed by atoms with E-state index in [9.17, 15) is 14.4 Å². The SMILES string of the molecule is C=C/C=C/[C@]1(C)C[C@@H](OC(=O)NC(=O)[C@H]2CN(C)CC[C@@H]2C)[C@@]2(C)C3C(=O)CCC3(CC[C@H]2C)[C@@H](C)[C@@H]1OCOC. The number of amides is 2. The van der Waals surface area contributed by atoms with Crippen LogP contribution in [0, 0.1) is 45.8 Å². The van der Waals surface area contributed by atoms with Crippen molar-refractivity contribution in [3.63, 3.8) is 0 Å². The van der Waals surface area contributed by atoms with Crippen LogP contribution in [0.3, 0.4) is 0 Å². The summed E-state index contributed by atoms with van der Waals surface area (Å²) in [4.78, 5) is 42.7. The van der Waals surface area contributed by atoms with Crippen LogP contribution in [0.4, 0.5) is 4.79 Å². The standard InChI is InChI=1S/C33H52N2O6/c1-9-10-14-31(5)18-26(41-30(38)34-29(37)24-19-35(7)17-13-21(24)2)32(6)22(3)11-15-33(16-12-25(36)27(32)33)23(4)28(31)40-20-39-8/h9-10,14,21-24,26-28H,1,11-13,15-20H2,2-8H3,(H,34,37,38)/b14-10+/t21-,22+,23-,24-,26+,27?,28-,31+,32-,33?/m0/s1. The molecule has 8 nitrogen and oxygen atoms in total. The van der Waals surface area contributed by atoms with Gasteiger partial charge in [-0.25, -0.2) is 4.79 Å². The van der Waals surface area contributed by atoms with Gasteiger partial charge in [0.1, 0.15) is 18.7 Å². The van der Waals surface area contributed by atoms with Crippen molar-refractivity contribution < 1.29 is 28.6 Å². The molecule has 2 bridgehead atoms. The lowest BCUT2D eigenvalue weighted by Gasteiger charge is -2.62. The minimum Gasteiger partial charge on any atom is -0.445 e. The number of carbonyl (C=O) groups is 3. The largest absolute Gasteiger partial charge is 0.445 e. The molecule has 2 amide bonds. The minimum atomic E-state index is -0.728. The van der Waals surface area contributed by atoms with E-state index >= 15 is 0 Å². The molecule has 4 fully saturated rings. The molecule has 1 saturated heterocycles. The Balaban J connectivity index is 1.74. The third-order valence-electron chi connectivity index (χ3n) is 11.7. The number of rotatable bonds is 7. The van der Waals surface area contributed by atoms with Crippen molar-refractivity contribution in [2.24, 2.45) is 45.8 Å². The second-order valence-corrected chi connectivity index (χ2v) is 14.0. The molecule has 10 atom stereocenters. The van der Waals surface area contributed by atoms with Crippen LogP contribution in [-0.4, -0.2) is 68.9 Å². The summed E-state index contributed by atoms with van der Waals surface area (Å²) >= 11 is 0. The second-order valence-electron chi connectivity index (χ2n) is 14.0. The summed E-state index contributed by atoms with van der Waals surface area (Å²) in [5.41, 5.74) is -1.41. The van der Waals surface area contributed by atoms with Crippen LogP contribution >= 0.6 is 0 Å². The lowest BCUT2D eigenvalue weighted by Crippen LogP contribution is -2.63. The second kappa shape index (κ2) is 12.3. The molecular weight excluding hydrogens is 520 g/mol. The fraction of sp³-hybridized carbons (Fsp3) is 0.788. The monoisotopic (exact) mass is 572 g/mol. The van der Waals surface area contributed by atoms with Crippen LogP contribution < -0.4 is 5.32 Å². The van der Waals surface area contributed by atoms with Gasteiger partial charge >= 0.3 is 6.09 Å². The average Bonchev–Trinajstić information content (AvgIpc) is 3.28. The van der Waals surface area contributed by atoms with Crippen molar-refractivity contribution in [3.8, 4) is 0 Å². The third kappa shape index (κ3) is 5.68. The summed E-state index contributed by atoms with van der Waals surface area (Å²) in [5, 5.41) is 2.59. The first kappa shape index (κ1) is 31.9. The Labute approximate surface area is 246 Å². The fourth-order valence-corrected chi connectivity index (χ4v) is 9.13. The quantitative estimate of drug-likeness (QED) is 0.324. The summed E-state index contributed by atoms with van der Waals surface area (Å²) in [5.74, 6) is -0.166. The van der Waals surface area contributed by atoms with E-state index in [4.69, 9.17) is 14.2 Å². The molecule has 0 spiro atoms. The van der Waals surface area contributed by atoms with Gasteiger partial charge < -0.3 is 19.1 Å². The van der Waals surface area contributed by atoms with Crippen LogP contribution in [0.2, 0.25) is 0 Å². The maximum absolute atomic E-state index is 13.8. The van der Waals surface area contributed by atoms with Crippen molar-refractivity contribution in [1.29, 1.82) is 0 Å². The number of ether oxygens (including phenoxy) is 3. The van der Waals surface area contributed by atoms with Gasteiger partial charge in [0.15, 0.2) is 0 Å². The van der Waals surface area contributed by atoms with Crippen LogP contribution in [-0.2, 0) is 23.8 Å². The number of nitrogens with one attached hydrogen (secondary N) is 1. The molecule has 230 valence electrons. The first-order chi connectivity index (χ1) is 19.3. The molecule has 0 aromatic rings. The predicted octanol–water partition coefficient (Wildman–Crippen LogP) is 5.37. The molecule has 3 aliphatic carbocycles. The topological polar surface area (TPSA) is 94.2 Å². The Bertz CT molecular complexity index is 1040. The van der Waals surface area contributed by atoms with Gasteiger partial charge in [-0.2, -0.15) is 0 Å². The number of methoxy groups -OCH3 is 1. The minimum absolute atomic E-state index is 0.0709. The van der Waals surface area contributed by atoms with Crippen LogP contribution in [0.25, 0.3) is 0 Å². The van der Waals surface area contributed by atoms with E-state index in [2.05, 4.69) is 57.5 Å². The zero-order valence-electron chi connectivity index (χ0n) is 26.2. The maximum atomic E-state index is 13.8. The Hall–Kier alpha value is -2.03. The molecular formula is C33H52N2O6. The number of allylic oxidation sites excluding steroid dienone is 2. The molecule has 1 aliphatic heterocycles. The summed E-state index contributed by atoms with van der Waals surface area (Å²) in [6.45, 7) is 16.3. The zero-order chi connectivity index (χ0) is 30.2. The molecule has 2 unspecified atom stereocenters. The highest BCUT2D eigenvalue weighted by atomic mass is 16.7. The average molecular weight is 573 g/mol. The molecule has 0 radical (unpaired) electrons. The van der Waals surface area contributed by atoms with Crippen LogP contribution in [0.5, 0.6) is 0 Å². The smallest absolute Gasteiger partial charge is 0.414 e. The van der Waals surface area contributed by atoms with Crippen molar-refractivity contribution in [2.75, 3.05) is 34.0 Å². The summed E-state index contributed by atoms with van der Waals surface area (Å²) in [6.07, 6.45) is 8.71. The molecule has 3 saturated carbocycles. The van der Waals surface area contributed by atoms with Gasteiger partial charge in [-0.1, -0.05) is 59.4 Å². The van der Waals surface area contributed by atoms with E-state index in [1.54, 1.807) is 13.2 Å². The van der Waals surface area contributed by atoms with Gasteiger partial charge in [0, 0.05) is 36.8 Å². The molecule has 41 heavy (non-hydrogen) atoms. The van der Waals surface area contributed by atoms with Gasteiger partial charge in [-0.15, -0.1) is 0 Å². The number of imide groups is 1. The Morgan fingerprint density at radius 2 is 1.90 bits per heavy atom. The summed E-state index contributed by atoms with van der Waals surface area (Å²) < 4.78 is 18.2.